The van der Waals surface area contributed by atoms with Crippen LogP contribution in [0.25, 0.3) is 0 Å². The normalized spacial score (nSPS) is 20.3. The van der Waals surface area contributed by atoms with Crippen LogP contribution in [-0.2, 0) is 11.2 Å². The molecule has 0 unspecified atom stereocenters. The number of aliphatic hydroxyl groups excluding tert-OH is 1. The first-order valence-corrected chi connectivity index (χ1v) is 8.29. The Morgan fingerprint density at radius 2 is 2.16 bits per heavy atom. The molecule has 134 valence electrons. The van der Waals surface area contributed by atoms with Crippen molar-refractivity contribution in [1.29, 1.82) is 0 Å². The van der Waals surface area contributed by atoms with Crippen molar-refractivity contribution in [2.45, 2.75) is 45.3 Å². The van der Waals surface area contributed by atoms with Crippen molar-refractivity contribution < 1.29 is 18.7 Å². The van der Waals surface area contributed by atoms with Crippen LogP contribution in [0.15, 0.2) is 18.2 Å². The number of amides is 1. The number of hydrogen-bond acceptors (Lipinski definition) is 3. The zero-order valence-corrected chi connectivity index (χ0v) is 14.2. The maximum absolute atomic E-state index is 14.1. The fraction of sp³-hybridized carbons (Fsp3) is 0.444. The van der Waals surface area contributed by atoms with Crippen molar-refractivity contribution in [3.05, 3.63) is 52.3 Å². The van der Waals surface area contributed by atoms with E-state index in [9.17, 15) is 18.7 Å². The van der Waals surface area contributed by atoms with Crippen LogP contribution in [0.3, 0.4) is 0 Å². The molecule has 2 aromatic rings. The topological polar surface area (TPSA) is 69.2 Å². The van der Waals surface area contributed by atoms with Crippen LogP contribution < -0.4 is 0 Å². The molecule has 3 rings (SSSR count). The lowest BCUT2D eigenvalue weighted by molar-refractivity contribution is -0.132. The Kier molecular flexibility index (Phi) is 4.85. The van der Waals surface area contributed by atoms with Gasteiger partial charge in [0.05, 0.1) is 17.8 Å². The van der Waals surface area contributed by atoms with Gasteiger partial charge in [0.1, 0.15) is 11.6 Å². The van der Waals surface area contributed by atoms with Gasteiger partial charge in [-0.05, 0) is 50.5 Å². The Bertz CT molecular complexity index is 771. The monoisotopic (exact) mass is 349 g/mol. The van der Waals surface area contributed by atoms with Crippen molar-refractivity contribution in [2.75, 3.05) is 6.54 Å². The average molecular weight is 349 g/mol. The molecule has 0 saturated carbocycles. The molecule has 1 saturated heterocycles. The van der Waals surface area contributed by atoms with E-state index in [2.05, 4.69) is 10.2 Å². The van der Waals surface area contributed by atoms with Gasteiger partial charge in [-0.25, -0.2) is 8.78 Å². The molecule has 2 atom stereocenters. The molecule has 0 aliphatic carbocycles. The number of hydrogen-bond donors (Lipinski definition) is 2. The molecule has 1 aliphatic rings. The molecule has 5 nitrogen and oxygen atoms in total. The van der Waals surface area contributed by atoms with E-state index in [0.717, 1.165) is 35.2 Å². The van der Waals surface area contributed by atoms with Gasteiger partial charge in [0.25, 0.3) is 0 Å². The second-order valence-corrected chi connectivity index (χ2v) is 6.53. The van der Waals surface area contributed by atoms with E-state index in [4.69, 9.17) is 0 Å². The molecule has 1 aromatic carbocycles. The number of likely N-dealkylation sites (tertiary alicyclic amines) is 1. The minimum absolute atomic E-state index is 0.112. The highest BCUT2D eigenvalue weighted by Gasteiger charge is 2.36. The van der Waals surface area contributed by atoms with Gasteiger partial charge in [-0.1, -0.05) is 0 Å². The zero-order chi connectivity index (χ0) is 18.1. The van der Waals surface area contributed by atoms with Gasteiger partial charge < -0.3 is 10.0 Å². The molecular weight excluding hydrogens is 328 g/mol. The van der Waals surface area contributed by atoms with E-state index in [-0.39, 0.29) is 30.9 Å². The summed E-state index contributed by atoms with van der Waals surface area (Å²) in [5, 5.41) is 16.9. The first kappa shape index (κ1) is 17.5. The van der Waals surface area contributed by atoms with E-state index in [1.165, 1.54) is 4.90 Å². The second-order valence-electron chi connectivity index (χ2n) is 6.53. The summed E-state index contributed by atoms with van der Waals surface area (Å²) >= 11 is 0. The van der Waals surface area contributed by atoms with Crippen LogP contribution in [-0.4, -0.2) is 38.8 Å². The van der Waals surface area contributed by atoms with E-state index >= 15 is 0 Å². The maximum Gasteiger partial charge on any atom is 0.223 e. The van der Waals surface area contributed by atoms with Gasteiger partial charge in [0, 0.05) is 24.2 Å². The van der Waals surface area contributed by atoms with Gasteiger partial charge >= 0.3 is 0 Å². The van der Waals surface area contributed by atoms with Gasteiger partial charge in [0.15, 0.2) is 0 Å². The molecule has 1 aliphatic heterocycles. The summed E-state index contributed by atoms with van der Waals surface area (Å²) in [6.07, 6.45) is 0.198. The fourth-order valence-corrected chi connectivity index (χ4v) is 3.47. The van der Waals surface area contributed by atoms with Crippen molar-refractivity contribution in [2.24, 2.45) is 0 Å². The van der Waals surface area contributed by atoms with Crippen LogP contribution in [0.2, 0.25) is 0 Å². The number of halogens is 2. The highest BCUT2D eigenvalue weighted by molar-refractivity contribution is 5.77. The smallest absolute Gasteiger partial charge is 0.223 e. The Hall–Kier alpha value is -2.28. The van der Waals surface area contributed by atoms with Crippen molar-refractivity contribution in [3.63, 3.8) is 0 Å². The average Bonchev–Trinajstić information content (AvgIpc) is 3.10. The number of aryl methyl sites for hydroxylation is 2. The molecule has 2 N–H and O–H groups in total. The standard InChI is InChI=1S/C18H21F2N3O2/c1-10-14(11(2)22-21-10)4-6-18(25)23-9-13(24)8-17(23)15-7-12(19)3-5-16(15)20/h3,5,7,13,17,24H,4,6,8-9H2,1-2H3,(H,21,22)/t13-,17+/m0/s1. The van der Waals surface area contributed by atoms with Gasteiger partial charge in [-0.2, -0.15) is 5.10 Å². The number of aliphatic hydroxyl groups is 1. The number of β-amino-alcohol motifs (C(OH)–C–C–N with tert-alkyl or cyclic N) is 1. The summed E-state index contributed by atoms with van der Waals surface area (Å²) in [7, 11) is 0. The van der Waals surface area contributed by atoms with E-state index in [1.54, 1.807) is 0 Å². The van der Waals surface area contributed by atoms with Crippen LogP contribution in [0.1, 0.15) is 41.4 Å². The lowest BCUT2D eigenvalue weighted by Gasteiger charge is -2.25. The summed E-state index contributed by atoms with van der Waals surface area (Å²) in [6, 6.07) is 2.55. The first-order chi connectivity index (χ1) is 11.9. The minimum Gasteiger partial charge on any atom is -0.391 e. The molecule has 7 heteroatoms. The number of carbonyl (C=O) groups is 1. The van der Waals surface area contributed by atoms with Crippen LogP contribution in [0, 0.1) is 25.5 Å². The highest BCUT2D eigenvalue weighted by atomic mass is 19.1. The van der Waals surface area contributed by atoms with Crippen molar-refractivity contribution in [1.82, 2.24) is 15.1 Å². The lowest BCUT2D eigenvalue weighted by atomic mass is 10.0. The molecule has 1 fully saturated rings. The van der Waals surface area contributed by atoms with Gasteiger partial charge in [-0.3, -0.25) is 9.89 Å². The Balaban J connectivity index is 1.77. The predicted octanol–water partition coefficient (Wildman–Crippen LogP) is 2.57. The van der Waals surface area contributed by atoms with Gasteiger partial charge in [-0.15, -0.1) is 0 Å². The molecule has 25 heavy (non-hydrogen) atoms. The summed E-state index contributed by atoms with van der Waals surface area (Å²) in [6.45, 7) is 3.89. The predicted molar refractivity (Wildman–Crippen MR) is 87.8 cm³/mol. The largest absolute Gasteiger partial charge is 0.391 e. The third kappa shape index (κ3) is 3.56. The van der Waals surface area contributed by atoms with Gasteiger partial charge in [0.2, 0.25) is 5.91 Å². The number of H-pyrrole nitrogens is 1. The first-order valence-electron chi connectivity index (χ1n) is 8.29. The minimum atomic E-state index is -0.742. The lowest BCUT2D eigenvalue weighted by Crippen LogP contribution is -2.32. The third-order valence-electron chi connectivity index (χ3n) is 4.79. The third-order valence-corrected chi connectivity index (χ3v) is 4.79. The molecule has 1 amide bonds. The Morgan fingerprint density at radius 3 is 2.84 bits per heavy atom. The molecule has 0 radical (unpaired) electrons. The number of nitrogens with zero attached hydrogens (tertiary/aromatic N) is 2. The summed E-state index contributed by atoms with van der Waals surface area (Å²) < 4.78 is 27.6. The van der Waals surface area contributed by atoms with Crippen LogP contribution in [0.4, 0.5) is 8.78 Å². The second kappa shape index (κ2) is 6.92. The maximum atomic E-state index is 14.1. The molecule has 0 bridgehead atoms. The van der Waals surface area contributed by atoms with Crippen molar-refractivity contribution in [3.8, 4) is 0 Å². The van der Waals surface area contributed by atoms with E-state index < -0.39 is 23.8 Å². The molecule has 2 heterocycles. The number of carbonyl (C=O) groups excluding carboxylic acids is 1. The number of aromatic amines is 1. The number of benzene rings is 1. The van der Waals surface area contributed by atoms with Crippen LogP contribution >= 0.6 is 0 Å². The summed E-state index contributed by atoms with van der Waals surface area (Å²) in [4.78, 5) is 14.1. The summed E-state index contributed by atoms with van der Waals surface area (Å²) in [5.74, 6) is -1.32. The van der Waals surface area contributed by atoms with E-state index in [1.807, 2.05) is 13.8 Å². The Morgan fingerprint density at radius 1 is 1.40 bits per heavy atom. The zero-order valence-electron chi connectivity index (χ0n) is 14.2. The Labute approximate surface area is 144 Å². The molecule has 1 aromatic heterocycles. The number of rotatable bonds is 4. The van der Waals surface area contributed by atoms with Crippen molar-refractivity contribution >= 4 is 5.91 Å². The number of aromatic nitrogens is 2. The molecule has 0 spiro atoms. The number of nitrogens with one attached hydrogen (secondary N) is 1. The van der Waals surface area contributed by atoms with Crippen LogP contribution in [0.5, 0.6) is 0 Å². The SMILES string of the molecule is Cc1n[nH]c(C)c1CCC(=O)N1C[C@@H](O)C[C@@H]1c1cc(F)ccc1F. The quantitative estimate of drug-likeness (QED) is 0.891. The van der Waals surface area contributed by atoms with E-state index in [0.29, 0.717) is 6.42 Å². The summed E-state index contributed by atoms with van der Waals surface area (Å²) in [5.41, 5.74) is 2.86. The fourth-order valence-electron chi connectivity index (χ4n) is 3.47. The molecular formula is C18H21F2N3O2. The highest BCUT2D eigenvalue weighted by Crippen LogP contribution is 2.34.